The highest BCUT2D eigenvalue weighted by Gasteiger charge is 2.41. The van der Waals surface area contributed by atoms with Crippen LogP contribution in [0.1, 0.15) is 31.7 Å². The van der Waals surface area contributed by atoms with Gasteiger partial charge in [-0.2, -0.15) is 0 Å². The van der Waals surface area contributed by atoms with Crippen LogP contribution in [0.3, 0.4) is 0 Å². The van der Waals surface area contributed by atoms with E-state index in [1.54, 1.807) is 0 Å². The van der Waals surface area contributed by atoms with E-state index >= 15 is 0 Å². The van der Waals surface area contributed by atoms with Crippen molar-refractivity contribution in [3.8, 4) is 0 Å². The monoisotopic (exact) mass is 284 g/mol. The van der Waals surface area contributed by atoms with Crippen LogP contribution in [0.4, 0.5) is 0 Å². The number of hydrogen-bond acceptors (Lipinski definition) is 2. The summed E-state index contributed by atoms with van der Waals surface area (Å²) >= 11 is 0. The fraction of sp³-hybridized carbons (Fsp3) is 0.500. The van der Waals surface area contributed by atoms with E-state index < -0.39 is 0 Å². The number of amides is 1. The molecule has 0 spiro atoms. The van der Waals surface area contributed by atoms with E-state index in [1.807, 2.05) is 13.0 Å². The quantitative estimate of drug-likeness (QED) is 0.849. The average Bonchev–Trinajstić information content (AvgIpc) is 2.78. The van der Waals surface area contributed by atoms with Gasteiger partial charge in [-0.15, -0.1) is 0 Å². The maximum absolute atomic E-state index is 12.0. The first-order valence-electron chi connectivity index (χ1n) is 8.03. The Morgan fingerprint density at radius 2 is 1.86 bits per heavy atom. The minimum atomic E-state index is 0.335. The fourth-order valence-corrected chi connectivity index (χ4v) is 3.63. The highest BCUT2D eigenvalue weighted by molar-refractivity contribution is 5.77. The van der Waals surface area contributed by atoms with Gasteiger partial charge in [-0.25, -0.2) is 0 Å². The lowest BCUT2D eigenvalue weighted by Crippen LogP contribution is -2.55. The zero-order valence-electron chi connectivity index (χ0n) is 12.7. The molecule has 1 aromatic carbocycles. The summed E-state index contributed by atoms with van der Waals surface area (Å²) in [6, 6.07) is 11.3. The molecule has 21 heavy (non-hydrogen) atoms. The molecule has 1 aromatic rings. The maximum atomic E-state index is 12.0. The summed E-state index contributed by atoms with van der Waals surface area (Å²) in [6.07, 6.45) is 7.42. The molecule has 2 saturated heterocycles. The van der Waals surface area contributed by atoms with Crippen molar-refractivity contribution in [3.05, 3.63) is 42.0 Å². The average molecular weight is 284 g/mol. The third-order valence-electron chi connectivity index (χ3n) is 4.62. The predicted octanol–water partition coefficient (Wildman–Crippen LogP) is 2.79. The van der Waals surface area contributed by atoms with Crippen molar-refractivity contribution in [2.45, 2.75) is 38.3 Å². The van der Waals surface area contributed by atoms with Crippen LogP contribution in [0.15, 0.2) is 36.4 Å². The molecule has 0 radical (unpaired) electrons. The van der Waals surface area contributed by atoms with E-state index in [9.17, 15) is 4.79 Å². The van der Waals surface area contributed by atoms with Crippen LogP contribution in [0.5, 0.6) is 0 Å². The third kappa shape index (κ3) is 3.18. The van der Waals surface area contributed by atoms with Crippen LogP contribution in [0, 0.1) is 0 Å². The highest BCUT2D eigenvalue weighted by atomic mass is 16.2. The van der Waals surface area contributed by atoms with Crippen molar-refractivity contribution in [1.82, 2.24) is 9.80 Å². The molecule has 0 aromatic heterocycles. The molecule has 2 aliphatic heterocycles. The van der Waals surface area contributed by atoms with Crippen LogP contribution in [-0.4, -0.2) is 47.4 Å². The summed E-state index contributed by atoms with van der Waals surface area (Å²) in [5, 5.41) is 0. The first kappa shape index (κ1) is 14.3. The third-order valence-corrected chi connectivity index (χ3v) is 4.62. The molecule has 0 aliphatic carbocycles. The number of carbonyl (C=O) groups excluding carboxylic acids is 1. The van der Waals surface area contributed by atoms with E-state index in [4.69, 9.17) is 0 Å². The molecule has 2 fully saturated rings. The van der Waals surface area contributed by atoms with Gasteiger partial charge in [0, 0.05) is 38.1 Å². The minimum absolute atomic E-state index is 0.335. The second kappa shape index (κ2) is 6.44. The first-order chi connectivity index (χ1) is 10.3. The van der Waals surface area contributed by atoms with Crippen molar-refractivity contribution < 1.29 is 4.79 Å². The van der Waals surface area contributed by atoms with Gasteiger partial charge < -0.3 is 4.90 Å². The largest absolute Gasteiger partial charge is 0.334 e. The molecule has 0 saturated carbocycles. The lowest BCUT2D eigenvalue weighted by atomic mass is 10.1. The lowest BCUT2D eigenvalue weighted by molar-refractivity contribution is -0.136. The molecule has 1 amide bonds. The number of fused-ring (bicyclic) bond motifs is 2. The normalized spacial score (nSPS) is 25.7. The highest BCUT2D eigenvalue weighted by Crippen LogP contribution is 2.30. The number of nitrogens with zero attached hydrogens (tertiary/aromatic N) is 2. The van der Waals surface area contributed by atoms with Gasteiger partial charge in [0.2, 0.25) is 5.91 Å². The van der Waals surface area contributed by atoms with Gasteiger partial charge >= 0.3 is 0 Å². The zero-order valence-corrected chi connectivity index (χ0v) is 12.7. The Bertz CT molecular complexity index is 497. The standard InChI is InChI=1S/C18H24N2O/c1-2-18(21)20-16-10-11-17(20)14-19(13-16)12-6-9-15-7-4-3-5-8-15/h3-9,16-17H,2,10-14H2,1H3/b9-6+/t16-,17-/m0/s1. The first-order valence-corrected chi connectivity index (χ1v) is 8.03. The Hall–Kier alpha value is -1.61. The van der Waals surface area contributed by atoms with Gasteiger partial charge in [-0.3, -0.25) is 9.69 Å². The summed E-state index contributed by atoms with van der Waals surface area (Å²) in [4.78, 5) is 16.7. The molecule has 3 rings (SSSR count). The molecule has 2 atom stereocenters. The zero-order chi connectivity index (χ0) is 14.7. The molecule has 2 bridgehead atoms. The molecule has 0 unspecified atom stereocenters. The number of piperazine rings is 1. The van der Waals surface area contributed by atoms with Gasteiger partial charge in [-0.1, -0.05) is 49.4 Å². The number of benzene rings is 1. The minimum Gasteiger partial charge on any atom is -0.334 e. The summed E-state index contributed by atoms with van der Waals surface area (Å²) in [5.41, 5.74) is 1.25. The maximum Gasteiger partial charge on any atom is 0.222 e. The van der Waals surface area contributed by atoms with Crippen LogP contribution in [0.2, 0.25) is 0 Å². The summed E-state index contributed by atoms with van der Waals surface area (Å²) in [7, 11) is 0. The predicted molar refractivity (Wildman–Crippen MR) is 85.9 cm³/mol. The van der Waals surface area contributed by atoms with E-state index in [0.29, 0.717) is 24.4 Å². The molecule has 112 valence electrons. The van der Waals surface area contributed by atoms with Crippen molar-refractivity contribution in [2.24, 2.45) is 0 Å². The summed E-state index contributed by atoms with van der Waals surface area (Å²) < 4.78 is 0. The molecular weight excluding hydrogens is 260 g/mol. The number of hydrogen-bond donors (Lipinski definition) is 0. The Labute approximate surface area is 127 Å². The van der Waals surface area contributed by atoms with Crippen molar-refractivity contribution in [3.63, 3.8) is 0 Å². The van der Waals surface area contributed by atoms with E-state index in [1.165, 1.54) is 18.4 Å². The van der Waals surface area contributed by atoms with Gasteiger partial charge in [0.05, 0.1) is 0 Å². The Morgan fingerprint density at radius 3 is 2.48 bits per heavy atom. The molecule has 2 aliphatic rings. The number of likely N-dealkylation sites (tertiary alicyclic amines) is 1. The van der Waals surface area contributed by atoms with E-state index in [2.05, 4.69) is 46.2 Å². The van der Waals surface area contributed by atoms with Gasteiger partial charge in [0.15, 0.2) is 0 Å². The Kier molecular flexibility index (Phi) is 4.39. The molecule has 3 nitrogen and oxygen atoms in total. The smallest absolute Gasteiger partial charge is 0.222 e. The topological polar surface area (TPSA) is 23.6 Å². The van der Waals surface area contributed by atoms with Crippen molar-refractivity contribution >= 4 is 12.0 Å². The summed E-state index contributed by atoms with van der Waals surface area (Å²) in [6.45, 7) is 5.01. The Balaban J connectivity index is 1.56. The number of carbonyl (C=O) groups is 1. The SMILES string of the molecule is CCC(=O)N1[C@H]2CC[C@H]1CN(C/C=C/c1ccccc1)C2. The second-order valence-corrected chi connectivity index (χ2v) is 6.07. The molecule has 0 N–H and O–H groups in total. The van der Waals surface area contributed by atoms with Gasteiger partial charge in [-0.05, 0) is 18.4 Å². The van der Waals surface area contributed by atoms with Crippen LogP contribution in [0.25, 0.3) is 6.08 Å². The van der Waals surface area contributed by atoms with Gasteiger partial charge in [0.1, 0.15) is 0 Å². The second-order valence-electron chi connectivity index (χ2n) is 6.07. The summed E-state index contributed by atoms with van der Waals surface area (Å²) in [5.74, 6) is 0.335. The molecule has 2 heterocycles. The van der Waals surface area contributed by atoms with Gasteiger partial charge in [0.25, 0.3) is 0 Å². The number of rotatable bonds is 4. The van der Waals surface area contributed by atoms with Crippen molar-refractivity contribution in [2.75, 3.05) is 19.6 Å². The van der Waals surface area contributed by atoms with Crippen LogP contribution < -0.4 is 0 Å². The van der Waals surface area contributed by atoms with Crippen LogP contribution in [-0.2, 0) is 4.79 Å². The van der Waals surface area contributed by atoms with E-state index in [-0.39, 0.29) is 0 Å². The molecular formula is C18H24N2O. The molecule has 3 heteroatoms. The Morgan fingerprint density at radius 1 is 1.19 bits per heavy atom. The van der Waals surface area contributed by atoms with E-state index in [0.717, 1.165) is 19.6 Å². The fourth-order valence-electron chi connectivity index (χ4n) is 3.63. The lowest BCUT2D eigenvalue weighted by Gasteiger charge is -2.40. The van der Waals surface area contributed by atoms with Crippen molar-refractivity contribution in [1.29, 1.82) is 0 Å². The van der Waals surface area contributed by atoms with Crippen LogP contribution >= 0.6 is 0 Å².